The minimum absolute atomic E-state index is 0.375. The summed E-state index contributed by atoms with van der Waals surface area (Å²) in [5, 5.41) is 11.5. The predicted octanol–water partition coefficient (Wildman–Crippen LogP) is 4.37. The molecule has 1 atom stereocenters. The van der Waals surface area contributed by atoms with Crippen LogP contribution in [0.4, 0.5) is 0 Å². The third-order valence-electron chi connectivity index (χ3n) is 4.24. The summed E-state index contributed by atoms with van der Waals surface area (Å²) in [6, 6.07) is 7.61. The zero-order chi connectivity index (χ0) is 12.5. The SMILES string of the molecule is CC1CCC(C(C)(O)c2ccc(Cl)cc2)CC1. The Kier molecular flexibility index (Phi) is 3.79. The molecule has 0 spiro atoms. The zero-order valence-corrected chi connectivity index (χ0v) is 11.4. The topological polar surface area (TPSA) is 20.2 Å². The summed E-state index contributed by atoms with van der Waals surface area (Å²) in [5.41, 5.74) is 0.270. The number of halogens is 1. The summed E-state index contributed by atoms with van der Waals surface area (Å²) in [6.45, 7) is 4.24. The van der Waals surface area contributed by atoms with Gasteiger partial charge in [-0.25, -0.2) is 0 Å². The second-order valence-electron chi connectivity index (χ2n) is 5.61. The lowest BCUT2D eigenvalue weighted by Crippen LogP contribution is -2.34. The summed E-state index contributed by atoms with van der Waals surface area (Å²) >= 11 is 5.89. The molecule has 0 radical (unpaired) electrons. The van der Waals surface area contributed by atoms with Crippen molar-refractivity contribution in [1.29, 1.82) is 0 Å². The highest BCUT2D eigenvalue weighted by atomic mass is 35.5. The van der Waals surface area contributed by atoms with Gasteiger partial charge in [0, 0.05) is 5.02 Å². The Labute approximate surface area is 109 Å². The average molecular weight is 253 g/mol. The van der Waals surface area contributed by atoms with Crippen LogP contribution in [0.25, 0.3) is 0 Å². The van der Waals surface area contributed by atoms with Crippen LogP contribution in [-0.4, -0.2) is 5.11 Å². The Morgan fingerprint density at radius 1 is 1.12 bits per heavy atom. The molecule has 17 heavy (non-hydrogen) atoms. The molecule has 0 amide bonds. The van der Waals surface area contributed by atoms with Crippen molar-refractivity contribution in [3.8, 4) is 0 Å². The van der Waals surface area contributed by atoms with Gasteiger partial charge in [0.05, 0.1) is 5.60 Å². The van der Waals surface area contributed by atoms with Crippen molar-refractivity contribution >= 4 is 11.6 Å². The molecular formula is C15H21ClO. The van der Waals surface area contributed by atoms with Gasteiger partial charge in [-0.1, -0.05) is 43.5 Å². The number of hydrogen-bond acceptors (Lipinski definition) is 1. The molecule has 1 aliphatic rings. The summed E-state index contributed by atoms with van der Waals surface area (Å²) in [5.74, 6) is 1.19. The zero-order valence-electron chi connectivity index (χ0n) is 10.6. The Morgan fingerprint density at radius 3 is 2.18 bits per heavy atom. The van der Waals surface area contributed by atoms with Gasteiger partial charge in [0.25, 0.3) is 0 Å². The van der Waals surface area contributed by atoms with E-state index in [1.165, 1.54) is 12.8 Å². The van der Waals surface area contributed by atoms with E-state index in [1.54, 1.807) is 0 Å². The van der Waals surface area contributed by atoms with Gasteiger partial charge in [-0.15, -0.1) is 0 Å². The molecule has 1 fully saturated rings. The molecular weight excluding hydrogens is 232 g/mol. The van der Waals surface area contributed by atoms with E-state index in [4.69, 9.17) is 11.6 Å². The van der Waals surface area contributed by atoms with E-state index >= 15 is 0 Å². The first-order valence-electron chi connectivity index (χ1n) is 6.48. The van der Waals surface area contributed by atoms with Crippen molar-refractivity contribution in [2.75, 3.05) is 0 Å². The maximum Gasteiger partial charge on any atom is 0.0896 e. The van der Waals surface area contributed by atoms with E-state index in [-0.39, 0.29) is 0 Å². The van der Waals surface area contributed by atoms with Crippen LogP contribution >= 0.6 is 11.6 Å². The molecule has 2 heteroatoms. The van der Waals surface area contributed by atoms with Gasteiger partial charge in [-0.3, -0.25) is 0 Å². The van der Waals surface area contributed by atoms with Crippen LogP contribution in [0, 0.1) is 11.8 Å². The molecule has 1 aromatic rings. The number of rotatable bonds is 2. The molecule has 1 saturated carbocycles. The van der Waals surface area contributed by atoms with Crippen molar-refractivity contribution in [3.63, 3.8) is 0 Å². The minimum atomic E-state index is -0.718. The van der Waals surface area contributed by atoms with Crippen molar-refractivity contribution < 1.29 is 5.11 Å². The van der Waals surface area contributed by atoms with Crippen LogP contribution in [0.5, 0.6) is 0 Å². The Hall–Kier alpha value is -0.530. The van der Waals surface area contributed by atoms with Gasteiger partial charge in [0.1, 0.15) is 0 Å². The van der Waals surface area contributed by atoms with Crippen LogP contribution in [0.1, 0.15) is 45.1 Å². The maximum absolute atomic E-state index is 10.7. The standard InChI is InChI=1S/C15H21ClO/c1-11-3-5-12(6-4-11)15(2,17)13-7-9-14(16)10-8-13/h7-12,17H,3-6H2,1-2H3. The van der Waals surface area contributed by atoms with E-state index < -0.39 is 5.60 Å². The van der Waals surface area contributed by atoms with Gasteiger partial charge >= 0.3 is 0 Å². The first kappa shape index (κ1) is 12.9. The van der Waals surface area contributed by atoms with Gasteiger partial charge in [0.2, 0.25) is 0 Å². The number of hydrogen-bond donors (Lipinski definition) is 1. The predicted molar refractivity (Wildman–Crippen MR) is 72.1 cm³/mol. The lowest BCUT2D eigenvalue weighted by atomic mass is 9.72. The van der Waals surface area contributed by atoms with Gasteiger partial charge in [-0.05, 0) is 49.3 Å². The second-order valence-corrected chi connectivity index (χ2v) is 6.05. The molecule has 1 nitrogen and oxygen atoms in total. The van der Waals surface area contributed by atoms with Crippen molar-refractivity contribution in [2.24, 2.45) is 11.8 Å². The fourth-order valence-corrected chi connectivity index (χ4v) is 2.97. The molecule has 1 aliphatic carbocycles. The maximum atomic E-state index is 10.7. The number of benzene rings is 1. The first-order valence-corrected chi connectivity index (χ1v) is 6.86. The van der Waals surface area contributed by atoms with E-state index in [9.17, 15) is 5.11 Å². The Morgan fingerprint density at radius 2 is 1.65 bits per heavy atom. The Balaban J connectivity index is 2.15. The van der Waals surface area contributed by atoms with Crippen LogP contribution in [0.15, 0.2) is 24.3 Å². The highest BCUT2D eigenvalue weighted by Crippen LogP contribution is 2.40. The fraction of sp³-hybridized carbons (Fsp3) is 0.600. The van der Waals surface area contributed by atoms with Gasteiger partial charge in [-0.2, -0.15) is 0 Å². The quantitative estimate of drug-likeness (QED) is 0.829. The van der Waals surface area contributed by atoms with Crippen LogP contribution in [-0.2, 0) is 5.60 Å². The van der Waals surface area contributed by atoms with E-state index in [0.717, 1.165) is 29.3 Å². The lowest BCUT2D eigenvalue weighted by Gasteiger charge is -2.37. The van der Waals surface area contributed by atoms with Gasteiger partial charge < -0.3 is 5.11 Å². The monoisotopic (exact) mass is 252 g/mol. The molecule has 0 heterocycles. The summed E-state index contributed by atoms with van der Waals surface area (Å²) in [6.07, 6.45) is 4.70. The molecule has 1 N–H and O–H groups in total. The molecule has 2 rings (SSSR count). The third-order valence-corrected chi connectivity index (χ3v) is 4.49. The minimum Gasteiger partial charge on any atom is -0.385 e. The molecule has 0 bridgehead atoms. The smallest absolute Gasteiger partial charge is 0.0896 e. The largest absolute Gasteiger partial charge is 0.385 e. The van der Waals surface area contributed by atoms with Crippen LogP contribution < -0.4 is 0 Å². The second kappa shape index (κ2) is 4.99. The molecule has 0 aromatic heterocycles. The Bertz CT molecular complexity index is 361. The first-order chi connectivity index (χ1) is 8.00. The summed E-state index contributed by atoms with van der Waals surface area (Å²) in [4.78, 5) is 0. The van der Waals surface area contributed by atoms with E-state index in [0.29, 0.717) is 5.92 Å². The lowest BCUT2D eigenvalue weighted by molar-refractivity contribution is -0.0264. The number of aliphatic hydroxyl groups is 1. The summed E-state index contributed by atoms with van der Waals surface area (Å²) < 4.78 is 0. The summed E-state index contributed by atoms with van der Waals surface area (Å²) in [7, 11) is 0. The highest BCUT2D eigenvalue weighted by molar-refractivity contribution is 6.30. The van der Waals surface area contributed by atoms with E-state index in [1.807, 2.05) is 31.2 Å². The van der Waals surface area contributed by atoms with Crippen LogP contribution in [0.2, 0.25) is 5.02 Å². The van der Waals surface area contributed by atoms with E-state index in [2.05, 4.69) is 6.92 Å². The molecule has 0 saturated heterocycles. The molecule has 1 aromatic carbocycles. The molecule has 0 aliphatic heterocycles. The molecule has 1 unspecified atom stereocenters. The highest BCUT2D eigenvalue weighted by Gasteiger charge is 2.35. The normalized spacial score (nSPS) is 28.7. The van der Waals surface area contributed by atoms with Crippen molar-refractivity contribution in [1.82, 2.24) is 0 Å². The third kappa shape index (κ3) is 2.83. The van der Waals surface area contributed by atoms with Gasteiger partial charge in [0.15, 0.2) is 0 Å². The average Bonchev–Trinajstić information content (AvgIpc) is 2.30. The van der Waals surface area contributed by atoms with Crippen molar-refractivity contribution in [3.05, 3.63) is 34.9 Å². The van der Waals surface area contributed by atoms with Crippen molar-refractivity contribution in [2.45, 2.75) is 45.1 Å². The fourth-order valence-electron chi connectivity index (χ4n) is 2.85. The van der Waals surface area contributed by atoms with Crippen LogP contribution in [0.3, 0.4) is 0 Å². The molecule has 94 valence electrons.